The molecule has 0 unspecified atom stereocenters. The second kappa shape index (κ2) is 8.81. The van der Waals surface area contributed by atoms with E-state index in [1.807, 2.05) is 0 Å². The molecule has 1 aliphatic heterocycles. The van der Waals surface area contributed by atoms with Crippen molar-refractivity contribution in [3.05, 3.63) is 51.9 Å². The first-order chi connectivity index (χ1) is 15.0. The highest BCUT2D eigenvalue weighted by atomic mass is 16.5. The summed E-state index contributed by atoms with van der Waals surface area (Å²) in [7, 11) is 0. The molecule has 31 heavy (non-hydrogen) atoms. The number of hydrogen-bond acceptors (Lipinski definition) is 6. The summed E-state index contributed by atoms with van der Waals surface area (Å²) in [4.78, 5) is 47.1. The molecule has 0 aliphatic carbocycles. The minimum Gasteiger partial charge on any atom is -0.462 e. The maximum atomic E-state index is 13.2. The molecule has 1 aliphatic rings. The van der Waals surface area contributed by atoms with Crippen molar-refractivity contribution >= 4 is 28.6 Å². The molecule has 1 saturated heterocycles. The number of fused-ring (bicyclic) bond motifs is 2. The van der Waals surface area contributed by atoms with Gasteiger partial charge in [0.25, 0.3) is 5.56 Å². The standard InChI is InChI=1S/C22H24N4O5/c1-3-18(27)24-20-16(22(29)30-4-2)12-15-19(26(20)13-14-8-7-11-31-14)23-17-9-5-6-10-25(17)21(15)28/h5-6,9-10,12,14H,3-4,7-8,11,13H2,1-2H3/t14-/m1/s1. The second-order valence-electron chi connectivity index (χ2n) is 7.29. The fourth-order valence-corrected chi connectivity index (χ4v) is 3.72. The van der Waals surface area contributed by atoms with Crippen LogP contribution in [0.15, 0.2) is 40.2 Å². The third kappa shape index (κ3) is 4.00. The number of pyridine rings is 2. The predicted octanol–water partition coefficient (Wildman–Crippen LogP) is 1.84. The van der Waals surface area contributed by atoms with Crippen molar-refractivity contribution < 1.29 is 19.1 Å². The minimum absolute atomic E-state index is 0.0592. The van der Waals surface area contributed by atoms with E-state index in [1.54, 1.807) is 42.8 Å². The molecule has 3 aromatic rings. The number of ether oxygens (including phenoxy) is 2. The maximum Gasteiger partial charge on any atom is 0.341 e. The normalized spacial score (nSPS) is 16.8. The molecule has 9 nitrogen and oxygen atoms in total. The van der Waals surface area contributed by atoms with Crippen molar-refractivity contribution in [2.24, 2.45) is 4.99 Å². The van der Waals surface area contributed by atoms with Crippen LogP contribution in [0.25, 0.3) is 16.7 Å². The molecule has 0 radical (unpaired) electrons. The predicted molar refractivity (Wildman–Crippen MR) is 113 cm³/mol. The number of rotatable bonds is 5. The molecule has 1 fully saturated rings. The Morgan fingerprint density at radius 3 is 2.87 bits per heavy atom. The van der Waals surface area contributed by atoms with Gasteiger partial charge < -0.3 is 14.0 Å². The number of esters is 1. The molecular formula is C22H24N4O5. The van der Waals surface area contributed by atoms with Gasteiger partial charge in [-0.3, -0.25) is 14.0 Å². The van der Waals surface area contributed by atoms with Gasteiger partial charge >= 0.3 is 5.97 Å². The Balaban J connectivity index is 2.12. The summed E-state index contributed by atoms with van der Waals surface area (Å²) in [5.74, 6) is -1.03. The van der Waals surface area contributed by atoms with Crippen molar-refractivity contribution in [1.82, 2.24) is 14.0 Å². The number of amides is 1. The number of hydrogen-bond donors (Lipinski definition) is 0. The monoisotopic (exact) mass is 424 g/mol. The molecule has 0 saturated carbocycles. The summed E-state index contributed by atoms with van der Waals surface area (Å²) in [6, 6.07) is 6.68. The lowest BCUT2D eigenvalue weighted by molar-refractivity contribution is -0.117. The summed E-state index contributed by atoms with van der Waals surface area (Å²) in [5, 5.41) is 0.243. The van der Waals surface area contributed by atoms with Gasteiger partial charge in [0.15, 0.2) is 5.49 Å². The van der Waals surface area contributed by atoms with Crippen molar-refractivity contribution in [3.63, 3.8) is 0 Å². The Morgan fingerprint density at radius 1 is 1.32 bits per heavy atom. The highest BCUT2D eigenvalue weighted by molar-refractivity contribution is 5.93. The van der Waals surface area contributed by atoms with Crippen molar-refractivity contribution in [2.45, 2.75) is 45.8 Å². The first-order valence-electron chi connectivity index (χ1n) is 10.4. The average Bonchev–Trinajstić information content (AvgIpc) is 3.29. The van der Waals surface area contributed by atoms with Gasteiger partial charge in [0.05, 0.1) is 24.6 Å². The summed E-state index contributed by atoms with van der Waals surface area (Å²) >= 11 is 0. The van der Waals surface area contributed by atoms with Gasteiger partial charge in [0.1, 0.15) is 16.9 Å². The molecule has 0 bridgehead atoms. The van der Waals surface area contributed by atoms with Gasteiger partial charge in [-0.15, -0.1) is 0 Å². The van der Waals surface area contributed by atoms with Gasteiger partial charge in [-0.2, -0.15) is 4.99 Å². The Bertz CT molecular complexity index is 1280. The van der Waals surface area contributed by atoms with Gasteiger partial charge in [0.2, 0.25) is 5.91 Å². The molecule has 1 atom stereocenters. The highest BCUT2D eigenvalue weighted by Gasteiger charge is 2.23. The zero-order chi connectivity index (χ0) is 22.0. The molecule has 0 spiro atoms. The van der Waals surface area contributed by atoms with E-state index < -0.39 is 5.97 Å². The zero-order valence-electron chi connectivity index (χ0n) is 17.5. The van der Waals surface area contributed by atoms with Gasteiger partial charge in [-0.25, -0.2) is 9.78 Å². The first kappa shape index (κ1) is 20.9. The first-order valence-corrected chi connectivity index (χ1v) is 10.4. The van der Waals surface area contributed by atoms with Crippen LogP contribution in [0, 0.1) is 0 Å². The third-order valence-electron chi connectivity index (χ3n) is 5.23. The van der Waals surface area contributed by atoms with Crippen LogP contribution < -0.4 is 11.0 Å². The zero-order valence-corrected chi connectivity index (χ0v) is 17.5. The molecule has 0 aromatic carbocycles. The van der Waals surface area contributed by atoms with Crippen LogP contribution in [0.4, 0.5) is 0 Å². The van der Waals surface area contributed by atoms with E-state index in [2.05, 4.69) is 9.98 Å². The third-order valence-corrected chi connectivity index (χ3v) is 5.23. The van der Waals surface area contributed by atoms with E-state index in [0.29, 0.717) is 24.4 Å². The molecular weight excluding hydrogens is 400 g/mol. The lowest BCUT2D eigenvalue weighted by atomic mass is 10.2. The van der Waals surface area contributed by atoms with Crippen molar-refractivity contribution in [2.75, 3.05) is 13.2 Å². The summed E-state index contributed by atoms with van der Waals surface area (Å²) < 4.78 is 14.1. The molecule has 162 valence electrons. The molecule has 0 N–H and O–H groups in total. The van der Waals surface area contributed by atoms with E-state index in [-0.39, 0.29) is 47.0 Å². The summed E-state index contributed by atoms with van der Waals surface area (Å²) in [5.41, 5.74) is 0.685. The van der Waals surface area contributed by atoms with Crippen LogP contribution in [-0.4, -0.2) is 45.1 Å². The van der Waals surface area contributed by atoms with E-state index >= 15 is 0 Å². The van der Waals surface area contributed by atoms with Crippen LogP contribution in [0.5, 0.6) is 0 Å². The largest absolute Gasteiger partial charge is 0.462 e. The number of aromatic nitrogens is 3. The van der Waals surface area contributed by atoms with Gasteiger partial charge in [-0.05, 0) is 38.0 Å². The quantitative estimate of drug-likeness (QED) is 0.457. The van der Waals surface area contributed by atoms with Crippen LogP contribution in [-0.2, 0) is 20.8 Å². The van der Waals surface area contributed by atoms with Crippen LogP contribution in [0.2, 0.25) is 0 Å². The van der Waals surface area contributed by atoms with Crippen LogP contribution >= 0.6 is 0 Å². The number of carbonyl (C=O) groups is 2. The van der Waals surface area contributed by atoms with E-state index in [9.17, 15) is 14.4 Å². The minimum atomic E-state index is -0.647. The molecule has 9 heteroatoms. The fraction of sp³-hybridized carbons (Fsp3) is 0.409. The number of carbonyl (C=O) groups excluding carboxylic acids is 2. The summed E-state index contributed by atoms with van der Waals surface area (Å²) in [6.45, 7) is 4.49. The van der Waals surface area contributed by atoms with Crippen LogP contribution in [0.3, 0.4) is 0 Å². The van der Waals surface area contributed by atoms with E-state index in [1.165, 1.54) is 10.5 Å². The smallest absolute Gasteiger partial charge is 0.341 e. The molecule has 4 heterocycles. The highest BCUT2D eigenvalue weighted by Crippen LogP contribution is 2.17. The SMILES string of the molecule is CCOC(=O)c1cc2c(=O)n3ccccc3nc2n(C[C@H]2CCCO2)c1=NC(=O)CC. The lowest BCUT2D eigenvalue weighted by Gasteiger charge is -2.17. The van der Waals surface area contributed by atoms with E-state index in [4.69, 9.17) is 9.47 Å². The van der Waals surface area contributed by atoms with E-state index in [0.717, 1.165) is 12.8 Å². The van der Waals surface area contributed by atoms with Gasteiger partial charge in [-0.1, -0.05) is 13.0 Å². The second-order valence-corrected chi connectivity index (χ2v) is 7.29. The molecule has 4 rings (SSSR count). The Morgan fingerprint density at radius 2 is 2.16 bits per heavy atom. The van der Waals surface area contributed by atoms with Gasteiger partial charge in [0, 0.05) is 19.2 Å². The Labute approximate surface area is 178 Å². The average molecular weight is 424 g/mol. The molecule has 3 aromatic heterocycles. The van der Waals surface area contributed by atoms with Crippen LogP contribution in [0.1, 0.15) is 43.5 Å². The Hall–Kier alpha value is -3.33. The fourth-order valence-electron chi connectivity index (χ4n) is 3.72. The summed E-state index contributed by atoms with van der Waals surface area (Å²) in [6.07, 6.45) is 3.41. The number of nitrogens with zero attached hydrogens (tertiary/aromatic N) is 4. The topological polar surface area (TPSA) is 104 Å². The Kier molecular flexibility index (Phi) is 5.94. The van der Waals surface area contributed by atoms with Crippen molar-refractivity contribution in [1.29, 1.82) is 0 Å². The lowest BCUT2D eigenvalue weighted by Crippen LogP contribution is -2.35. The van der Waals surface area contributed by atoms with Crippen molar-refractivity contribution in [3.8, 4) is 0 Å². The maximum absolute atomic E-state index is 13.2. The molecule has 1 amide bonds.